The zero-order valence-corrected chi connectivity index (χ0v) is 23.4. The van der Waals surface area contributed by atoms with Gasteiger partial charge in [0.05, 0.1) is 60.5 Å². The molecule has 3 aliphatic rings. The summed E-state index contributed by atoms with van der Waals surface area (Å²) in [6, 6.07) is 16.0. The predicted molar refractivity (Wildman–Crippen MR) is 146 cm³/mol. The van der Waals surface area contributed by atoms with E-state index in [0.717, 1.165) is 29.3 Å². The Bertz CT molecular complexity index is 1330. The highest BCUT2D eigenvalue weighted by Gasteiger charge is 2.44. The van der Waals surface area contributed by atoms with Crippen LogP contribution in [-0.4, -0.2) is 74.5 Å². The maximum Gasteiger partial charge on any atom is 0.407 e. The number of benzene rings is 2. The third-order valence-corrected chi connectivity index (χ3v) is 9.36. The monoisotopic (exact) mass is 585 g/mol. The van der Waals surface area contributed by atoms with Crippen molar-refractivity contribution in [1.82, 2.24) is 9.79 Å². The van der Waals surface area contributed by atoms with Crippen molar-refractivity contribution < 1.29 is 37.4 Å². The molecule has 0 bridgehead atoms. The Morgan fingerprint density at radius 3 is 2.66 bits per heavy atom. The lowest BCUT2D eigenvalue weighted by atomic mass is 10.0. The highest BCUT2D eigenvalue weighted by atomic mass is 32.2. The van der Waals surface area contributed by atoms with E-state index in [2.05, 4.69) is 5.32 Å². The molecule has 0 radical (unpaired) electrons. The zero-order valence-electron chi connectivity index (χ0n) is 22.6. The number of carbonyl (C=O) groups is 1. The maximum absolute atomic E-state index is 13.7. The van der Waals surface area contributed by atoms with E-state index in [4.69, 9.17) is 19.0 Å². The number of ether oxygens (including phenoxy) is 3. The van der Waals surface area contributed by atoms with Gasteiger partial charge < -0.3 is 24.6 Å². The molecule has 2 heterocycles. The Labute approximate surface area is 240 Å². The van der Waals surface area contributed by atoms with E-state index in [0.29, 0.717) is 19.4 Å². The van der Waals surface area contributed by atoms with E-state index < -0.39 is 40.9 Å². The molecule has 2 saturated heterocycles. The molecule has 1 saturated carbocycles. The van der Waals surface area contributed by atoms with Crippen molar-refractivity contribution in [3.8, 4) is 6.07 Å². The van der Waals surface area contributed by atoms with Crippen molar-refractivity contribution in [2.75, 3.05) is 19.8 Å². The number of nitrogens with one attached hydrogen (secondary N) is 1. The van der Waals surface area contributed by atoms with Gasteiger partial charge in [0.2, 0.25) is 0 Å². The number of aliphatic hydroxyl groups is 1. The summed E-state index contributed by atoms with van der Waals surface area (Å²) in [5, 5.41) is 23.5. The normalized spacial score (nSPS) is 24.1. The Balaban J connectivity index is 1.35. The van der Waals surface area contributed by atoms with Crippen LogP contribution in [0.3, 0.4) is 0 Å². The molecule has 1 amide bonds. The molecule has 5 atom stereocenters. The number of hydroxylamine groups is 1. The summed E-state index contributed by atoms with van der Waals surface area (Å²) < 4.78 is 44.9. The fraction of sp³-hybridized carbons (Fsp3) is 0.517. The van der Waals surface area contributed by atoms with E-state index in [1.54, 1.807) is 0 Å². The van der Waals surface area contributed by atoms with Gasteiger partial charge in [0.15, 0.2) is 6.29 Å². The minimum atomic E-state index is -4.25. The topological polar surface area (TPSA) is 147 Å². The van der Waals surface area contributed by atoms with Crippen molar-refractivity contribution in [2.45, 2.75) is 74.1 Å². The molecular weight excluding hydrogens is 550 g/mol. The summed E-state index contributed by atoms with van der Waals surface area (Å²) >= 11 is 0. The second-order valence-corrected chi connectivity index (χ2v) is 12.4. The summed E-state index contributed by atoms with van der Waals surface area (Å²) in [7, 11) is -4.25. The summed E-state index contributed by atoms with van der Waals surface area (Å²) in [6.07, 6.45) is 0.841. The molecule has 2 aliphatic heterocycles. The van der Waals surface area contributed by atoms with Crippen LogP contribution in [0.1, 0.15) is 43.2 Å². The van der Waals surface area contributed by atoms with Crippen molar-refractivity contribution >= 4 is 16.1 Å². The third kappa shape index (κ3) is 7.24. The quantitative estimate of drug-likeness (QED) is 0.380. The number of sulfonamides is 1. The first-order chi connectivity index (χ1) is 19.8. The summed E-state index contributed by atoms with van der Waals surface area (Å²) in [4.78, 5) is 18.9. The van der Waals surface area contributed by atoms with Crippen LogP contribution in [0.5, 0.6) is 0 Å². The molecule has 1 unspecified atom stereocenters. The van der Waals surface area contributed by atoms with Crippen LogP contribution in [-0.2, 0) is 35.5 Å². The lowest BCUT2D eigenvalue weighted by molar-refractivity contribution is -0.145. The van der Waals surface area contributed by atoms with Crippen LogP contribution in [0.15, 0.2) is 59.5 Å². The molecule has 5 rings (SSSR count). The number of nitriles is 1. The van der Waals surface area contributed by atoms with Crippen LogP contribution in [0.4, 0.5) is 4.79 Å². The molecule has 0 spiro atoms. The predicted octanol–water partition coefficient (Wildman–Crippen LogP) is 2.88. The molecular formula is C29H35N3O8S. The molecule has 2 aromatic rings. The second-order valence-electron chi connectivity index (χ2n) is 10.6. The van der Waals surface area contributed by atoms with Crippen LogP contribution in [0.2, 0.25) is 0 Å². The Morgan fingerprint density at radius 2 is 1.90 bits per heavy atom. The Kier molecular flexibility index (Phi) is 9.54. The van der Waals surface area contributed by atoms with Gasteiger partial charge in [-0.15, -0.1) is 0 Å². The lowest BCUT2D eigenvalue weighted by Crippen LogP contribution is -2.51. The molecule has 1 aliphatic carbocycles. The van der Waals surface area contributed by atoms with Gasteiger partial charge in [-0.25, -0.2) is 13.2 Å². The lowest BCUT2D eigenvalue weighted by Gasteiger charge is -2.31. The minimum absolute atomic E-state index is 0.0529. The first-order valence-corrected chi connectivity index (χ1v) is 15.4. The highest BCUT2D eigenvalue weighted by Crippen LogP contribution is 2.33. The fourth-order valence-electron chi connectivity index (χ4n) is 5.50. The zero-order chi connectivity index (χ0) is 28.8. The Hall–Kier alpha value is -3.05. The van der Waals surface area contributed by atoms with Gasteiger partial charge >= 0.3 is 6.09 Å². The van der Waals surface area contributed by atoms with Gasteiger partial charge in [-0.1, -0.05) is 53.7 Å². The summed E-state index contributed by atoms with van der Waals surface area (Å²) in [5.74, 6) is -0.0529. The number of fused-ring (bicyclic) bond motifs is 1. The number of carbonyl (C=O) groups excluding carboxylic acids is 1. The Morgan fingerprint density at radius 1 is 1.12 bits per heavy atom. The highest BCUT2D eigenvalue weighted by molar-refractivity contribution is 7.89. The number of aliphatic hydroxyl groups excluding tert-OH is 1. The first kappa shape index (κ1) is 29.4. The molecule has 2 aromatic carbocycles. The largest absolute Gasteiger partial charge is 0.443 e. The molecule has 11 nitrogen and oxygen atoms in total. The number of alkyl carbamates (subject to hydrolysis) is 1. The van der Waals surface area contributed by atoms with E-state index in [1.165, 1.54) is 24.3 Å². The van der Waals surface area contributed by atoms with E-state index in [9.17, 15) is 23.6 Å². The SMILES string of the molecule is N#Cc1cccc(S(=O)(=O)N(C[C@@H](O)C(Cc2ccccc2)NC(=O)O[C@H]2CO[C@H]3OCC[C@H]32)OC2CCCC2)c1. The van der Waals surface area contributed by atoms with Gasteiger partial charge in [0.25, 0.3) is 10.0 Å². The third-order valence-electron chi connectivity index (χ3n) is 7.74. The smallest absolute Gasteiger partial charge is 0.407 e. The average Bonchev–Trinajstić information content (AvgIpc) is 3.74. The van der Waals surface area contributed by atoms with Gasteiger partial charge in [0.1, 0.15) is 6.10 Å². The van der Waals surface area contributed by atoms with Gasteiger partial charge in [0, 0.05) is 0 Å². The molecule has 3 fully saturated rings. The number of hydrogen-bond donors (Lipinski definition) is 2. The number of nitrogens with zero attached hydrogens (tertiary/aromatic N) is 2. The van der Waals surface area contributed by atoms with Crippen LogP contribution in [0.25, 0.3) is 0 Å². The van der Waals surface area contributed by atoms with E-state index >= 15 is 0 Å². The number of amides is 1. The van der Waals surface area contributed by atoms with Gasteiger partial charge in [-0.05, 0) is 49.4 Å². The van der Waals surface area contributed by atoms with Gasteiger partial charge in [-0.2, -0.15) is 5.26 Å². The van der Waals surface area contributed by atoms with Crippen molar-refractivity contribution in [3.05, 3.63) is 65.7 Å². The fourth-order valence-corrected chi connectivity index (χ4v) is 6.85. The summed E-state index contributed by atoms with van der Waals surface area (Å²) in [5.41, 5.74) is 1.02. The number of rotatable bonds is 11. The first-order valence-electron chi connectivity index (χ1n) is 14.0. The average molecular weight is 586 g/mol. The van der Waals surface area contributed by atoms with Crippen LogP contribution >= 0.6 is 0 Å². The molecule has 0 aromatic heterocycles. The van der Waals surface area contributed by atoms with E-state index in [-0.39, 0.29) is 41.8 Å². The summed E-state index contributed by atoms with van der Waals surface area (Å²) in [6.45, 7) is 0.310. The number of hydrogen-bond acceptors (Lipinski definition) is 9. The molecule has 220 valence electrons. The van der Waals surface area contributed by atoms with Crippen LogP contribution < -0.4 is 5.32 Å². The van der Waals surface area contributed by atoms with Crippen molar-refractivity contribution in [1.29, 1.82) is 5.26 Å². The van der Waals surface area contributed by atoms with Crippen LogP contribution in [0, 0.1) is 17.2 Å². The molecule has 12 heteroatoms. The molecule has 41 heavy (non-hydrogen) atoms. The maximum atomic E-state index is 13.7. The van der Waals surface area contributed by atoms with Crippen molar-refractivity contribution in [3.63, 3.8) is 0 Å². The standard InChI is InChI=1S/C29H35N3O8S/c30-17-21-9-6-12-23(15-21)41(35,36)32(40-22-10-4-5-11-22)18-26(33)25(16-20-7-2-1-3-8-20)31-29(34)39-27-19-38-28-24(27)13-14-37-28/h1-3,6-9,12,15,22,24-28,33H,4-5,10-11,13-14,16,18-19H2,(H,31,34)/t24-,25?,26+,27-,28+/m0/s1. The van der Waals surface area contributed by atoms with Gasteiger partial charge in [-0.3, -0.25) is 4.84 Å². The second kappa shape index (κ2) is 13.3. The van der Waals surface area contributed by atoms with E-state index in [1.807, 2.05) is 36.4 Å². The minimum Gasteiger partial charge on any atom is -0.443 e. The van der Waals surface area contributed by atoms with Crippen molar-refractivity contribution in [2.24, 2.45) is 5.92 Å². The molecule has 2 N–H and O–H groups in total.